The third kappa shape index (κ3) is 2.92. The van der Waals surface area contributed by atoms with Crippen molar-refractivity contribution < 1.29 is 9.53 Å². The van der Waals surface area contributed by atoms with Crippen molar-refractivity contribution in [2.24, 2.45) is 0 Å². The molecule has 0 spiro atoms. The summed E-state index contributed by atoms with van der Waals surface area (Å²) < 4.78 is 5.23. The Kier molecular flexibility index (Phi) is 4.15. The van der Waals surface area contributed by atoms with Gasteiger partial charge in [-0.2, -0.15) is 5.26 Å². The Bertz CT molecular complexity index is 661. The molecule has 0 saturated heterocycles. The Morgan fingerprint density at radius 3 is 3.05 bits per heavy atom. The fourth-order valence-electron chi connectivity index (χ4n) is 1.56. The molecule has 4 nitrogen and oxygen atoms in total. The number of hydrogen-bond acceptors (Lipinski definition) is 5. The lowest BCUT2D eigenvalue weighted by Gasteiger charge is -2.02. The molecule has 1 aromatic heterocycles. The minimum atomic E-state index is -0.454. The summed E-state index contributed by atoms with van der Waals surface area (Å²) in [4.78, 5) is 16.3. The maximum Gasteiger partial charge on any atom is 0.350 e. The van der Waals surface area contributed by atoms with Gasteiger partial charge in [-0.05, 0) is 19.1 Å². The Hall–Kier alpha value is -1.90. The van der Waals surface area contributed by atoms with E-state index in [1.54, 1.807) is 31.2 Å². The van der Waals surface area contributed by atoms with Gasteiger partial charge in [0.1, 0.15) is 4.88 Å². The van der Waals surface area contributed by atoms with Crippen molar-refractivity contribution in [3.63, 3.8) is 0 Å². The van der Waals surface area contributed by atoms with Crippen LogP contribution in [0.25, 0.3) is 11.3 Å². The van der Waals surface area contributed by atoms with Gasteiger partial charge < -0.3 is 4.74 Å². The van der Waals surface area contributed by atoms with Gasteiger partial charge in [-0.15, -0.1) is 0 Å². The molecule has 0 atom stereocenters. The summed E-state index contributed by atoms with van der Waals surface area (Å²) in [6, 6.07) is 8.89. The lowest BCUT2D eigenvalue weighted by molar-refractivity contribution is 0.0532. The van der Waals surface area contributed by atoms with Crippen molar-refractivity contribution in [3.05, 3.63) is 39.2 Å². The zero-order valence-electron chi connectivity index (χ0n) is 10.0. The van der Waals surface area contributed by atoms with Crippen LogP contribution < -0.4 is 0 Å². The maximum absolute atomic E-state index is 11.8. The highest BCUT2D eigenvalue weighted by atomic mass is 35.5. The summed E-state index contributed by atoms with van der Waals surface area (Å²) in [5.74, 6) is -0.454. The molecule has 0 N–H and O–H groups in total. The second-order valence-electron chi connectivity index (χ2n) is 3.56. The molecule has 2 aromatic rings. The molecule has 0 amide bonds. The highest BCUT2D eigenvalue weighted by Gasteiger charge is 2.20. The van der Waals surface area contributed by atoms with Crippen LogP contribution in [0.15, 0.2) is 24.3 Å². The van der Waals surface area contributed by atoms with Crippen LogP contribution in [0.1, 0.15) is 22.2 Å². The summed E-state index contributed by atoms with van der Waals surface area (Å²) in [7, 11) is 0. The molecule has 0 bridgehead atoms. The number of rotatable bonds is 3. The van der Waals surface area contributed by atoms with Crippen LogP contribution in [0.5, 0.6) is 0 Å². The number of aromatic nitrogens is 1. The van der Waals surface area contributed by atoms with Gasteiger partial charge in [0, 0.05) is 5.56 Å². The summed E-state index contributed by atoms with van der Waals surface area (Å²) in [6.45, 7) is 2.02. The van der Waals surface area contributed by atoms with Crippen LogP contribution in [0.2, 0.25) is 4.47 Å². The Morgan fingerprint density at radius 2 is 2.37 bits per heavy atom. The van der Waals surface area contributed by atoms with Gasteiger partial charge in [-0.25, -0.2) is 9.78 Å². The maximum atomic E-state index is 11.8. The zero-order valence-corrected chi connectivity index (χ0v) is 11.6. The van der Waals surface area contributed by atoms with E-state index < -0.39 is 5.97 Å². The van der Waals surface area contributed by atoms with E-state index in [0.29, 0.717) is 21.7 Å². The van der Waals surface area contributed by atoms with Crippen molar-refractivity contribution in [3.8, 4) is 17.3 Å². The lowest BCUT2D eigenvalue weighted by atomic mass is 10.1. The quantitative estimate of drug-likeness (QED) is 0.812. The number of esters is 1. The first kappa shape index (κ1) is 13.5. The highest BCUT2D eigenvalue weighted by molar-refractivity contribution is 7.17. The van der Waals surface area contributed by atoms with Crippen LogP contribution in [0.4, 0.5) is 0 Å². The minimum Gasteiger partial charge on any atom is -0.462 e. The van der Waals surface area contributed by atoms with Crippen molar-refractivity contribution in [2.75, 3.05) is 6.61 Å². The molecule has 2 rings (SSSR count). The van der Waals surface area contributed by atoms with E-state index in [1.807, 2.05) is 6.07 Å². The van der Waals surface area contributed by atoms with E-state index in [0.717, 1.165) is 11.3 Å². The average molecular weight is 293 g/mol. The Morgan fingerprint density at radius 1 is 1.58 bits per heavy atom. The van der Waals surface area contributed by atoms with E-state index in [1.165, 1.54) is 0 Å². The first-order valence-electron chi connectivity index (χ1n) is 5.49. The predicted octanol–water partition coefficient (Wildman–Crippen LogP) is 3.51. The molecule has 0 fully saturated rings. The summed E-state index contributed by atoms with van der Waals surface area (Å²) in [5, 5.41) is 8.89. The van der Waals surface area contributed by atoms with Crippen molar-refractivity contribution in [1.29, 1.82) is 5.26 Å². The van der Waals surface area contributed by atoms with E-state index in [2.05, 4.69) is 4.98 Å². The predicted molar refractivity (Wildman–Crippen MR) is 73.2 cm³/mol. The first-order valence-corrected chi connectivity index (χ1v) is 6.69. The van der Waals surface area contributed by atoms with Crippen molar-refractivity contribution in [1.82, 2.24) is 4.98 Å². The van der Waals surface area contributed by atoms with Crippen LogP contribution >= 0.6 is 22.9 Å². The fraction of sp³-hybridized carbons (Fsp3) is 0.154. The topological polar surface area (TPSA) is 63.0 Å². The second-order valence-corrected chi connectivity index (χ2v) is 5.14. The largest absolute Gasteiger partial charge is 0.462 e. The number of nitrogens with zero attached hydrogens (tertiary/aromatic N) is 2. The number of hydrogen-bond donors (Lipinski definition) is 0. The van der Waals surface area contributed by atoms with Crippen molar-refractivity contribution in [2.45, 2.75) is 6.92 Å². The van der Waals surface area contributed by atoms with E-state index >= 15 is 0 Å². The smallest absolute Gasteiger partial charge is 0.350 e. The highest BCUT2D eigenvalue weighted by Crippen LogP contribution is 2.31. The Labute approximate surface area is 119 Å². The van der Waals surface area contributed by atoms with Gasteiger partial charge in [0.2, 0.25) is 0 Å². The number of ether oxygens (including phenoxy) is 1. The number of halogens is 1. The molecule has 0 unspecified atom stereocenters. The molecule has 1 aromatic carbocycles. The van der Waals surface area contributed by atoms with E-state index in [4.69, 9.17) is 21.6 Å². The summed E-state index contributed by atoms with van der Waals surface area (Å²) in [5.41, 5.74) is 1.62. The lowest BCUT2D eigenvalue weighted by Crippen LogP contribution is -2.04. The molecule has 1 heterocycles. The van der Waals surface area contributed by atoms with Gasteiger partial charge in [-0.3, -0.25) is 0 Å². The SMILES string of the molecule is CCOC(=O)c1sc(Cl)nc1-c1cccc(C#N)c1. The van der Waals surface area contributed by atoms with E-state index in [-0.39, 0.29) is 11.1 Å². The first-order chi connectivity index (χ1) is 9.15. The number of carbonyl (C=O) groups excluding carboxylic acids is 1. The molecule has 19 heavy (non-hydrogen) atoms. The van der Waals surface area contributed by atoms with Crippen LogP contribution in [0, 0.1) is 11.3 Å². The fourth-order valence-corrected chi connectivity index (χ4v) is 2.58. The average Bonchev–Trinajstić information content (AvgIpc) is 2.81. The third-order valence-corrected chi connectivity index (χ3v) is 3.47. The van der Waals surface area contributed by atoms with E-state index in [9.17, 15) is 4.79 Å². The number of benzene rings is 1. The standard InChI is InChI=1S/C13H9ClN2O2S/c1-2-18-12(17)11-10(16-13(14)19-11)9-5-3-4-8(6-9)7-15/h3-6H,2H2,1H3. The Balaban J connectivity index is 2.50. The van der Waals surface area contributed by atoms with Gasteiger partial charge in [0.05, 0.1) is 23.9 Å². The van der Waals surface area contributed by atoms with Crippen LogP contribution in [-0.4, -0.2) is 17.6 Å². The number of nitriles is 1. The molecule has 0 aliphatic heterocycles. The number of thiazole rings is 1. The van der Waals surface area contributed by atoms with Gasteiger partial charge in [0.25, 0.3) is 0 Å². The normalized spacial score (nSPS) is 9.95. The molecule has 0 saturated carbocycles. The zero-order chi connectivity index (χ0) is 13.8. The minimum absolute atomic E-state index is 0.264. The number of carbonyl (C=O) groups is 1. The second kappa shape index (κ2) is 5.83. The van der Waals surface area contributed by atoms with Gasteiger partial charge in [-0.1, -0.05) is 35.1 Å². The monoisotopic (exact) mass is 292 g/mol. The summed E-state index contributed by atoms with van der Waals surface area (Å²) in [6.07, 6.45) is 0. The summed E-state index contributed by atoms with van der Waals surface area (Å²) >= 11 is 6.94. The molecular weight excluding hydrogens is 284 g/mol. The molecule has 0 aliphatic rings. The molecule has 0 aliphatic carbocycles. The van der Waals surface area contributed by atoms with Crippen LogP contribution in [0.3, 0.4) is 0 Å². The van der Waals surface area contributed by atoms with Gasteiger partial charge >= 0.3 is 5.97 Å². The van der Waals surface area contributed by atoms with Crippen molar-refractivity contribution >= 4 is 28.9 Å². The molecule has 0 radical (unpaired) electrons. The van der Waals surface area contributed by atoms with Crippen LogP contribution in [-0.2, 0) is 4.74 Å². The van der Waals surface area contributed by atoms with Gasteiger partial charge in [0.15, 0.2) is 4.47 Å². The third-order valence-electron chi connectivity index (χ3n) is 2.33. The molecule has 96 valence electrons. The molecular formula is C13H9ClN2O2S. The molecule has 6 heteroatoms.